The number of anilines is 2. The lowest BCUT2D eigenvalue weighted by Gasteiger charge is -2.36. The molecule has 1 N–H and O–H groups in total. The topological polar surface area (TPSA) is 109 Å². The number of sulfonamides is 1. The first-order valence-electron chi connectivity index (χ1n) is 11.6. The van der Waals surface area contributed by atoms with E-state index in [1.165, 1.54) is 64.0 Å². The van der Waals surface area contributed by atoms with Crippen LogP contribution in [0.3, 0.4) is 0 Å². The predicted octanol–water partition coefficient (Wildman–Crippen LogP) is 4.24. The lowest BCUT2D eigenvalue weighted by molar-refractivity contribution is -0.137. The van der Waals surface area contributed by atoms with Crippen molar-refractivity contribution in [2.45, 2.75) is 18.0 Å². The minimum absolute atomic E-state index is 0.0152. The molecule has 2 heterocycles. The van der Waals surface area contributed by atoms with Crippen LogP contribution in [0.2, 0.25) is 0 Å². The van der Waals surface area contributed by atoms with E-state index in [-0.39, 0.29) is 60.4 Å². The summed E-state index contributed by atoms with van der Waals surface area (Å²) in [6, 6.07) is 11.6. The number of piperazine rings is 1. The van der Waals surface area contributed by atoms with E-state index in [4.69, 9.17) is 9.15 Å². The highest BCUT2D eigenvalue weighted by Gasteiger charge is 2.37. The van der Waals surface area contributed by atoms with E-state index in [1.807, 2.05) is 0 Å². The van der Waals surface area contributed by atoms with Crippen LogP contribution in [0, 0.1) is 0 Å². The molecule has 0 radical (unpaired) electrons. The highest BCUT2D eigenvalue weighted by atomic mass is 32.2. The predicted molar refractivity (Wildman–Crippen MR) is 131 cm³/mol. The summed E-state index contributed by atoms with van der Waals surface area (Å²) in [5.74, 6) is -1.31. The molecule has 0 bridgehead atoms. The van der Waals surface area contributed by atoms with Gasteiger partial charge in [-0.15, -0.1) is 0 Å². The monoisotopic (exact) mass is 551 g/mol. The van der Waals surface area contributed by atoms with Crippen LogP contribution in [0.25, 0.3) is 0 Å². The summed E-state index contributed by atoms with van der Waals surface area (Å²) in [7, 11) is -3.93. The van der Waals surface area contributed by atoms with Crippen molar-refractivity contribution in [1.82, 2.24) is 4.31 Å². The van der Waals surface area contributed by atoms with Gasteiger partial charge in [0.05, 0.1) is 28.9 Å². The molecule has 1 aliphatic rings. The molecular weight excluding hydrogens is 527 g/mol. The van der Waals surface area contributed by atoms with E-state index in [2.05, 4.69) is 5.32 Å². The Balaban J connectivity index is 1.48. The van der Waals surface area contributed by atoms with Gasteiger partial charge in [0.2, 0.25) is 10.0 Å². The average Bonchev–Trinajstić information content (AvgIpc) is 3.44. The van der Waals surface area contributed by atoms with Crippen LogP contribution in [-0.2, 0) is 20.9 Å². The third kappa shape index (κ3) is 5.83. The van der Waals surface area contributed by atoms with Crippen LogP contribution in [-0.4, -0.2) is 57.4 Å². The molecule has 1 aromatic heterocycles. The van der Waals surface area contributed by atoms with Crippen LogP contribution < -0.4 is 10.2 Å². The SMILES string of the molecule is CCOC(=O)c1ccc(S(=O)(=O)N2CCN(c3ccc(NC(=O)c4ccco4)cc3C(F)(F)F)CC2)cc1. The summed E-state index contributed by atoms with van der Waals surface area (Å²) in [4.78, 5) is 25.4. The fraction of sp³-hybridized carbons (Fsp3) is 0.280. The highest BCUT2D eigenvalue weighted by Crippen LogP contribution is 2.39. The molecule has 38 heavy (non-hydrogen) atoms. The van der Waals surface area contributed by atoms with Gasteiger partial charge in [0, 0.05) is 37.6 Å². The Morgan fingerprint density at radius 3 is 2.29 bits per heavy atom. The summed E-state index contributed by atoms with van der Waals surface area (Å²) in [6.07, 6.45) is -3.44. The van der Waals surface area contributed by atoms with Gasteiger partial charge in [-0.05, 0) is 61.5 Å². The number of hydrogen-bond donors (Lipinski definition) is 1. The van der Waals surface area contributed by atoms with Crippen molar-refractivity contribution >= 4 is 33.3 Å². The molecule has 4 rings (SSSR count). The summed E-state index contributed by atoms with van der Waals surface area (Å²) >= 11 is 0. The Morgan fingerprint density at radius 2 is 1.71 bits per heavy atom. The number of nitrogens with zero attached hydrogens (tertiary/aromatic N) is 2. The molecule has 3 aromatic rings. The number of carbonyl (C=O) groups excluding carboxylic acids is 2. The van der Waals surface area contributed by atoms with Crippen LogP contribution in [0.4, 0.5) is 24.5 Å². The maximum Gasteiger partial charge on any atom is 0.418 e. The van der Waals surface area contributed by atoms with Gasteiger partial charge in [0.25, 0.3) is 5.91 Å². The lowest BCUT2D eigenvalue weighted by Crippen LogP contribution is -2.49. The van der Waals surface area contributed by atoms with Crippen molar-refractivity contribution in [2.24, 2.45) is 0 Å². The quantitative estimate of drug-likeness (QED) is 0.438. The third-order valence-corrected chi connectivity index (χ3v) is 7.80. The van der Waals surface area contributed by atoms with Gasteiger partial charge in [0.1, 0.15) is 0 Å². The molecule has 1 amide bonds. The first-order chi connectivity index (χ1) is 18.0. The molecule has 0 aliphatic carbocycles. The number of hydrogen-bond acceptors (Lipinski definition) is 7. The van der Waals surface area contributed by atoms with Gasteiger partial charge in [-0.1, -0.05) is 0 Å². The summed E-state index contributed by atoms with van der Waals surface area (Å²) in [6.45, 7) is 1.78. The normalized spacial score (nSPS) is 14.8. The summed E-state index contributed by atoms with van der Waals surface area (Å²) in [5, 5.41) is 2.38. The maximum atomic E-state index is 13.9. The fourth-order valence-electron chi connectivity index (χ4n) is 4.01. The Hall–Kier alpha value is -3.84. The Labute approximate surface area is 216 Å². The zero-order chi connectivity index (χ0) is 27.5. The van der Waals surface area contributed by atoms with Crippen LogP contribution in [0.5, 0.6) is 0 Å². The summed E-state index contributed by atoms with van der Waals surface area (Å²) in [5.41, 5.74) is -0.931. The minimum atomic E-state index is -4.72. The largest absolute Gasteiger partial charge is 0.462 e. The van der Waals surface area contributed by atoms with Crippen molar-refractivity contribution < 1.29 is 40.3 Å². The van der Waals surface area contributed by atoms with Crippen molar-refractivity contribution in [3.8, 4) is 0 Å². The molecule has 0 saturated carbocycles. The number of rotatable bonds is 7. The maximum absolute atomic E-state index is 13.9. The van der Waals surface area contributed by atoms with Crippen LogP contribution in [0.15, 0.2) is 70.2 Å². The number of nitrogens with one attached hydrogen (secondary N) is 1. The molecule has 0 unspecified atom stereocenters. The van der Waals surface area contributed by atoms with Gasteiger partial charge < -0.3 is 19.4 Å². The molecule has 0 spiro atoms. The van der Waals surface area contributed by atoms with E-state index in [9.17, 15) is 31.2 Å². The van der Waals surface area contributed by atoms with E-state index < -0.39 is 33.6 Å². The van der Waals surface area contributed by atoms with Crippen LogP contribution in [0.1, 0.15) is 33.4 Å². The van der Waals surface area contributed by atoms with E-state index in [1.54, 1.807) is 6.92 Å². The van der Waals surface area contributed by atoms with Crippen LogP contribution >= 0.6 is 0 Å². The van der Waals surface area contributed by atoms with Gasteiger partial charge in [-0.2, -0.15) is 17.5 Å². The first-order valence-corrected chi connectivity index (χ1v) is 13.0. The molecule has 0 atom stereocenters. The molecular formula is C25H24F3N3O6S. The number of carbonyl (C=O) groups is 2. The van der Waals surface area contributed by atoms with E-state index >= 15 is 0 Å². The number of benzene rings is 2. The number of ether oxygens (including phenoxy) is 1. The van der Waals surface area contributed by atoms with Gasteiger partial charge in [-0.25, -0.2) is 13.2 Å². The molecule has 9 nitrogen and oxygen atoms in total. The van der Waals surface area contributed by atoms with Crippen molar-refractivity contribution in [2.75, 3.05) is 43.0 Å². The molecule has 1 fully saturated rings. The smallest absolute Gasteiger partial charge is 0.418 e. The second kappa shape index (κ2) is 10.9. The van der Waals surface area contributed by atoms with Gasteiger partial charge in [0.15, 0.2) is 5.76 Å². The Bertz CT molecular complexity index is 1400. The first kappa shape index (κ1) is 27.2. The number of furan rings is 1. The van der Waals surface area contributed by atoms with Crippen molar-refractivity contribution in [3.63, 3.8) is 0 Å². The number of esters is 1. The van der Waals surface area contributed by atoms with Crippen molar-refractivity contribution in [1.29, 1.82) is 0 Å². The molecule has 1 aliphatic heterocycles. The van der Waals surface area contributed by atoms with E-state index in [0.29, 0.717) is 0 Å². The Kier molecular flexibility index (Phi) is 7.78. The zero-order valence-corrected chi connectivity index (χ0v) is 21.0. The molecule has 202 valence electrons. The lowest BCUT2D eigenvalue weighted by atomic mass is 10.1. The zero-order valence-electron chi connectivity index (χ0n) is 20.2. The highest BCUT2D eigenvalue weighted by molar-refractivity contribution is 7.89. The summed E-state index contributed by atoms with van der Waals surface area (Å²) < 4.78 is 79.0. The minimum Gasteiger partial charge on any atom is -0.462 e. The average molecular weight is 552 g/mol. The van der Waals surface area contributed by atoms with Crippen molar-refractivity contribution in [3.05, 3.63) is 77.7 Å². The number of halogens is 3. The molecule has 13 heteroatoms. The number of alkyl halides is 3. The molecule has 2 aromatic carbocycles. The fourth-order valence-corrected chi connectivity index (χ4v) is 5.44. The number of amides is 1. The Morgan fingerprint density at radius 1 is 1.03 bits per heavy atom. The van der Waals surface area contributed by atoms with Gasteiger partial charge >= 0.3 is 12.1 Å². The standard InChI is InChI=1S/C25H24F3N3O6S/c1-2-36-24(33)17-5-8-19(9-6-17)38(34,35)31-13-11-30(12-14-31)21-10-7-18(16-20(21)25(26,27)28)29-23(32)22-4-3-15-37-22/h3-10,15-16H,2,11-14H2,1H3,(H,29,32). The second-order valence-electron chi connectivity index (χ2n) is 8.30. The second-order valence-corrected chi connectivity index (χ2v) is 10.2. The third-order valence-electron chi connectivity index (χ3n) is 5.89. The molecule has 1 saturated heterocycles. The van der Waals surface area contributed by atoms with Gasteiger partial charge in [-0.3, -0.25) is 4.79 Å². The van der Waals surface area contributed by atoms with E-state index in [0.717, 1.165) is 6.07 Å².